The Balaban J connectivity index is 0.000000354. The fourth-order valence-corrected chi connectivity index (χ4v) is 1.85. The second-order valence-corrected chi connectivity index (χ2v) is 3.33. The third-order valence-electron chi connectivity index (χ3n) is 2.67. The number of nitrogens with zero attached hydrogens (tertiary/aromatic N) is 3. The van der Waals surface area contributed by atoms with Gasteiger partial charge in [0.15, 0.2) is 5.82 Å². The molecule has 2 aliphatic carbocycles. The van der Waals surface area contributed by atoms with E-state index < -0.39 is 0 Å². The van der Waals surface area contributed by atoms with Gasteiger partial charge in [0.1, 0.15) is 0 Å². The Bertz CT molecular complexity index is 352. The molecule has 4 heteroatoms. The monoisotopic (exact) mass is 190 g/mol. The highest BCUT2D eigenvalue weighted by Crippen LogP contribution is 2.56. The van der Waals surface area contributed by atoms with E-state index in [0.29, 0.717) is 5.92 Å². The number of rotatable bonds is 1. The van der Waals surface area contributed by atoms with Crippen molar-refractivity contribution in [3.63, 3.8) is 0 Å². The SMILES string of the molecule is C1=CC2CC2(c2nn[nH]n2)C=C1.CC. The second-order valence-electron chi connectivity index (χ2n) is 3.33. The summed E-state index contributed by atoms with van der Waals surface area (Å²) in [4.78, 5) is 0. The second kappa shape index (κ2) is 3.36. The molecule has 4 nitrogen and oxygen atoms in total. The Labute approximate surface area is 83.1 Å². The minimum absolute atomic E-state index is 0.0851. The first-order valence-electron chi connectivity index (χ1n) is 5.02. The van der Waals surface area contributed by atoms with Crippen molar-refractivity contribution in [3.8, 4) is 0 Å². The normalized spacial score (nSPS) is 31.7. The number of aromatic amines is 1. The Morgan fingerprint density at radius 1 is 1.43 bits per heavy atom. The van der Waals surface area contributed by atoms with Gasteiger partial charge in [-0.25, -0.2) is 0 Å². The quantitative estimate of drug-likeness (QED) is 0.732. The van der Waals surface area contributed by atoms with Crippen molar-refractivity contribution in [2.24, 2.45) is 5.92 Å². The number of hydrogen-bond donors (Lipinski definition) is 1. The van der Waals surface area contributed by atoms with E-state index >= 15 is 0 Å². The van der Waals surface area contributed by atoms with Crippen LogP contribution in [0.2, 0.25) is 0 Å². The van der Waals surface area contributed by atoms with Gasteiger partial charge >= 0.3 is 0 Å². The zero-order chi connectivity index (χ0) is 10.0. The number of allylic oxidation sites excluding steroid dienone is 4. The summed E-state index contributed by atoms with van der Waals surface area (Å²) in [6.07, 6.45) is 9.63. The van der Waals surface area contributed by atoms with Gasteiger partial charge in [-0.05, 0) is 12.3 Å². The topological polar surface area (TPSA) is 54.5 Å². The zero-order valence-electron chi connectivity index (χ0n) is 8.44. The summed E-state index contributed by atoms with van der Waals surface area (Å²) in [5.74, 6) is 1.42. The highest BCUT2D eigenvalue weighted by Gasteiger charge is 2.55. The van der Waals surface area contributed by atoms with Crippen molar-refractivity contribution in [2.45, 2.75) is 25.7 Å². The van der Waals surface area contributed by atoms with E-state index in [2.05, 4.69) is 44.9 Å². The molecule has 0 radical (unpaired) electrons. The van der Waals surface area contributed by atoms with Crippen LogP contribution in [-0.2, 0) is 5.41 Å². The maximum atomic E-state index is 4.02. The molecule has 0 bridgehead atoms. The molecule has 1 aromatic rings. The van der Waals surface area contributed by atoms with Gasteiger partial charge in [-0.3, -0.25) is 0 Å². The van der Waals surface area contributed by atoms with E-state index in [1.807, 2.05) is 13.8 Å². The lowest BCUT2D eigenvalue weighted by Crippen LogP contribution is -2.09. The van der Waals surface area contributed by atoms with E-state index in [-0.39, 0.29) is 5.41 Å². The van der Waals surface area contributed by atoms with E-state index in [0.717, 1.165) is 12.2 Å². The van der Waals surface area contributed by atoms with Crippen LogP contribution in [0.3, 0.4) is 0 Å². The molecule has 3 rings (SSSR count). The van der Waals surface area contributed by atoms with Crippen molar-refractivity contribution in [1.82, 2.24) is 20.6 Å². The highest BCUT2D eigenvalue weighted by atomic mass is 15.5. The molecule has 14 heavy (non-hydrogen) atoms. The third kappa shape index (κ3) is 1.18. The van der Waals surface area contributed by atoms with Gasteiger partial charge < -0.3 is 0 Å². The molecule has 0 saturated heterocycles. The standard InChI is InChI=1S/C8H8N4.C2H6/c1-2-4-8(5-6(8)3-1)7-9-11-12-10-7;1-2/h1-4,6H,5H2,(H,9,10,11,12);1-2H3. The summed E-state index contributed by atoms with van der Waals surface area (Å²) >= 11 is 0. The molecule has 1 aromatic heterocycles. The summed E-state index contributed by atoms with van der Waals surface area (Å²) in [5, 5.41) is 14.1. The van der Waals surface area contributed by atoms with E-state index in [9.17, 15) is 0 Å². The van der Waals surface area contributed by atoms with Gasteiger partial charge in [0.05, 0.1) is 5.41 Å². The number of hydrogen-bond acceptors (Lipinski definition) is 3. The van der Waals surface area contributed by atoms with Crippen LogP contribution >= 0.6 is 0 Å². The molecule has 0 spiro atoms. The fraction of sp³-hybridized carbons (Fsp3) is 0.500. The maximum Gasteiger partial charge on any atom is 0.185 e. The van der Waals surface area contributed by atoms with Crippen LogP contribution in [0.15, 0.2) is 24.3 Å². The fourth-order valence-electron chi connectivity index (χ4n) is 1.85. The van der Waals surface area contributed by atoms with Crippen molar-refractivity contribution < 1.29 is 0 Å². The average molecular weight is 190 g/mol. The van der Waals surface area contributed by atoms with Gasteiger partial charge in [0.2, 0.25) is 0 Å². The van der Waals surface area contributed by atoms with Crippen molar-refractivity contribution >= 4 is 0 Å². The van der Waals surface area contributed by atoms with Crippen LogP contribution in [0.5, 0.6) is 0 Å². The Morgan fingerprint density at radius 2 is 2.29 bits per heavy atom. The van der Waals surface area contributed by atoms with Gasteiger partial charge in [-0.15, -0.1) is 10.2 Å². The van der Waals surface area contributed by atoms with Gasteiger partial charge in [0.25, 0.3) is 0 Å². The van der Waals surface area contributed by atoms with E-state index in [1.165, 1.54) is 0 Å². The van der Waals surface area contributed by atoms with Crippen LogP contribution in [0.1, 0.15) is 26.1 Å². The summed E-state index contributed by atoms with van der Waals surface area (Å²) in [6.45, 7) is 4.00. The van der Waals surface area contributed by atoms with Gasteiger partial charge in [-0.1, -0.05) is 43.4 Å². The zero-order valence-corrected chi connectivity index (χ0v) is 8.44. The predicted octanol–water partition coefficient (Wildman–Crippen LogP) is 1.61. The number of nitrogens with one attached hydrogen (secondary N) is 1. The molecule has 0 aromatic carbocycles. The molecule has 1 fully saturated rings. The smallest absolute Gasteiger partial charge is 0.177 e. The number of aromatic nitrogens is 4. The first-order chi connectivity index (χ1) is 6.92. The average Bonchev–Trinajstić information content (AvgIpc) is 2.74. The molecule has 74 valence electrons. The van der Waals surface area contributed by atoms with Crippen molar-refractivity contribution in [2.75, 3.05) is 0 Å². The molecule has 2 unspecified atom stereocenters. The molecule has 2 aliphatic rings. The van der Waals surface area contributed by atoms with Crippen LogP contribution in [0, 0.1) is 5.92 Å². The number of tetrazole rings is 1. The molecular formula is C10H14N4. The first kappa shape index (κ1) is 9.12. The highest BCUT2D eigenvalue weighted by molar-refractivity contribution is 5.39. The van der Waals surface area contributed by atoms with Crippen molar-refractivity contribution in [3.05, 3.63) is 30.1 Å². The Kier molecular flexibility index (Phi) is 2.19. The molecule has 0 aliphatic heterocycles. The molecule has 0 amide bonds. The lowest BCUT2D eigenvalue weighted by atomic mass is 9.99. The molecule has 1 heterocycles. The molecular weight excluding hydrogens is 176 g/mol. The lowest BCUT2D eigenvalue weighted by Gasteiger charge is -2.06. The minimum atomic E-state index is 0.0851. The summed E-state index contributed by atoms with van der Waals surface area (Å²) in [6, 6.07) is 0. The van der Waals surface area contributed by atoms with Crippen LogP contribution in [0.4, 0.5) is 0 Å². The Morgan fingerprint density at radius 3 is 2.93 bits per heavy atom. The summed E-state index contributed by atoms with van der Waals surface area (Å²) in [7, 11) is 0. The van der Waals surface area contributed by atoms with Crippen LogP contribution in [0.25, 0.3) is 0 Å². The largest absolute Gasteiger partial charge is 0.185 e. The van der Waals surface area contributed by atoms with Crippen LogP contribution in [-0.4, -0.2) is 20.6 Å². The van der Waals surface area contributed by atoms with Gasteiger partial charge in [0, 0.05) is 0 Å². The van der Waals surface area contributed by atoms with Gasteiger partial charge in [-0.2, -0.15) is 5.21 Å². The predicted molar refractivity (Wildman–Crippen MR) is 53.6 cm³/mol. The Hall–Kier alpha value is -1.45. The first-order valence-corrected chi connectivity index (χ1v) is 5.02. The number of fused-ring (bicyclic) bond motifs is 1. The van der Waals surface area contributed by atoms with Crippen LogP contribution < -0.4 is 0 Å². The van der Waals surface area contributed by atoms with E-state index in [4.69, 9.17) is 0 Å². The molecule has 1 N–H and O–H groups in total. The number of H-pyrrole nitrogens is 1. The summed E-state index contributed by atoms with van der Waals surface area (Å²) < 4.78 is 0. The molecule has 1 saturated carbocycles. The van der Waals surface area contributed by atoms with Crippen molar-refractivity contribution in [1.29, 1.82) is 0 Å². The minimum Gasteiger partial charge on any atom is -0.177 e. The van der Waals surface area contributed by atoms with E-state index in [1.54, 1.807) is 0 Å². The third-order valence-corrected chi connectivity index (χ3v) is 2.67. The maximum absolute atomic E-state index is 4.02. The summed E-state index contributed by atoms with van der Waals surface area (Å²) in [5.41, 5.74) is 0.0851. The molecule has 2 atom stereocenters. The lowest BCUT2D eigenvalue weighted by molar-refractivity contribution is 0.740.